The number of hydrogen-bond acceptors (Lipinski definition) is 2. The van der Waals surface area contributed by atoms with E-state index in [-0.39, 0.29) is 12.4 Å². The minimum atomic E-state index is -0.187. The molecule has 1 unspecified atom stereocenters. The van der Waals surface area contributed by atoms with E-state index >= 15 is 0 Å². The number of hydrogen-bond donors (Lipinski definition) is 1. The van der Waals surface area contributed by atoms with Gasteiger partial charge in [0.05, 0.1) is 0 Å². The highest BCUT2D eigenvalue weighted by molar-refractivity contribution is 5.16. The maximum atomic E-state index is 12.7. The van der Waals surface area contributed by atoms with E-state index in [1.807, 2.05) is 12.1 Å². The van der Waals surface area contributed by atoms with Gasteiger partial charge in [0, 0.05) is 19.7 Å². The first-order valence-electron chi connectivity index (χ1n) is 5.35. The Bertz CT molecular complexity index is 312. The number of rotatable bonds is 3. The van der Waals surface area contributed by atoms with Gasteiger partial charge in [-0.05, 0) is 36.6 Å². The standard InChI is InChI=1S/C12H16FNO/c13-12-3-1-10(2-4-12)7-14-6-5-11(8-14)9-15/h1-4,11,15H,5-9H2. The van der Waals surface area contributed by atoms with Crippen molar-refractivity contribution < 1.29 is 9.50 Å². The second-order valence-electron chi connectivity index (χ2n) is 4.20. The molecular formula is C12H16FNO. The molecule has 0 radical (unpaired) electrons. The average molecular weight is 209 g/mol. The van der Waals surface area contributed by atoms with Gasteiger partial charge < -0.3 is 5.11 Å². The van der Waals surface area contributed by atoms with Crippen LogP contribution in [0.5, 0.6) is 0 Å². The minimum Gasteiger partial charge on any atom is -0.396 e. The van der Waals surface area contributed by atoms with Gasteiger partial charge >= 0.3 is 0 Å². The fraction of sp³-hybridized carbons (Fsp3) is 0.500. The minimum absolute atomic E-state index is 0.187. The Morgan fingerprint density at radius 1 is 1.33 bits per heavy atom. The molecule has 15 heavy (non-hydrogen) atoms. The zero-order valence-corrected chi connectivity index (χ0v) is 8.69. The molecule has 0 amide bonds. The van der Waals surface area contributed by atoms with Crippen molar-refractivity contribution in [3.05, 3.63) is 35.6 Å². The SMILES string of the molecule is OCC1CCN(Cc2ccc(F)cc2)C1. The molecule has 1 heterocycles. The molecule has 0 aliphatic carbocycles. The largest absolute Gasteiger partial charge is 0.396 e. The van der Waals surface area contributed by atoms with Gasteiger partial charge in [0.1, 0.15) is 5.82 Å². The molecule has 1 aromatic rings. The van der Waals surface area contributed by atoms with Crippen LogP contribution in [0.4, 0.5) is 4.39 Å². The van der Waals surface area contributed by atoms with Crippen LogP contribution >= 0.6 is 0 Å². The summed E-state index contributed by atoms with van der Waals surface area (Å²) in [5.41, 5.74) is 1.13. The molecule has 1 aliphatic heterocycles. The highest BCUT2D eigenvalue weighted by atomic mass is 19.1. The van der Waals surface area contributed by atoms with Crippen molar-refractivity contribution in [1.29, 1.82) is 0 Å². The summed E-state index contributed by atoms with van der Waals surface area (Å²) in [6, 6.07) is 6.63. The maximum absolute atomic E-state index is 12.7. The average Bonchev–Trinajstić information content (AvgIpc) is 2.69. The molecule has 1 saturated heterocycles. The van der Waals surface area contributed by atoms with Crippen molar-refractivity contribution >= 4 is 0 Å². The monoisotopic (exact) mass is 209 g/mol. The van der Waals surface area contributed by atoms with Crippen LogP contribution in [-0.4, -0.2) is 29.7 Å². The molecular weight excluding hydrogens is 193 g/mol. The van der Waals surface area contributed by atoms with E-state index in [0.29, 0.717) is 5.92 Å². The number of aliphatic hydroxyl groups is 1. The molecule has 2 nitrogen and oxygen atoms in total. The molecule has 2 rings (SSSR count). The van der Waals surface area contributed by atoms with E-state index in [0.717, 1.165) is 31.6 Å². The van der Waals surface area contributed by atoms with Crippen LogP contribution in [0.1, 0.15) is 12.0 Å². The molecule has 1 aromatic carbocycles. The number of aliphatic hydroxyl groups excluding tert-OH is 1. The Morgan fingerprint density at radius 3 is 2.67 bits per heavy atom. The lowest BCUT2D eigenvalue weighted by molar-refractivity contribution is 0.220. The molecule has 0 saturated carbocycles. The van der Waals surface area contributed by atoms with Crippen molar-refractivity contribution in [3.63, 3.8) is 0 Å². The number of nitrogens with zero attached hydrogens (tertiary/aromatic N) is 1. The molecule has 1 aliphatic rings. The van der Waals surface area contributed by atoms with Crippen LogP contribution in [0.25, 0.3) is 0 Å². The predicted octanol–water partition coefficient (Wildman–Crippen LogP) is 1.64. The van der Waals surface area contributed by atoms with Crippen LogP contribution < -0.4 is 0 Å². The summed E-state index contributed by atoms with van der Waals surface area (Å²) in [5, 5.41) is 9.01. The summed E-state index contributed by atoms with van der Waals surface area (Å²) < 4.78 is 12.7. The lowest BCUT2D eigenvalue weighted by Crippen LogP contribution is -2.20. The van der Waals surface area contributed by atoms with Crippen molar-refractivity contribution in [1.82, 2.24) is 4.90 Å². The molecule has 0 aromatic heterocycles. The maximum Gasteiger partial charge on any atom is 0.123 e. The first-order chi connectivity index (χ1) is 7.28. The Labute approximate surface area is 89.3 Å². The fourth-order valence-corrected chi connectivity index (χ4v) is 2.05. The van der Waals surface area contributed by atoms with Crippen molar-refractivity contribution in [2.75, 3.05) is 19.7 Å². The summed E-state index contributed by atoms with van der Waals surface area (Å²) in [4.78, 5) is 2.30. The second-order valence-corrected chi connectivity index (χ2v) is 4.20. The van der Waals surface area contributed by atoms with E-state index in [4.69, 9.17) is 5.11 Å². The Morgan fingerprint density at radius 2 is 2.07 bits per heavy atom. The van der Waals surface area contributed by atoms with E-state index in [1.165, 1.54) is 12.1 Å². The van der Waals surface area contributed by atoms with E-state index in [9.17, 15) is 4.39 Å². The third kappa shape index (κ3) is 2.76. The molecule has 82 valence electrons. The summed E-state index contributed by atoms with van der Waals surface area (Å²) in [7, 11) is 0. The zero-order valence-electron chi connectivity index (χ0n) is 8.69. The normalized spacial score (nSPS) is 22.1. The van der Waals surface area contributed by atoms with Gasteiger partial charge in [-0.25, -0.2) is 4.39 Å². The highest BCUT2D eigenvalue weighted by Crippen LogP contribution is 2.18. The van der Waals surface area contributed by atoms with E-state index in [1.54, 1.807) is 0 Å². The van der Waals surface area contributed by atoms with Gasteiger partial charge in [-0.1, -0.05) is 12.1 Å². The third-order valence-corrected chi connectivity index (χ3v) is 2.95. The van der Waals surface area contributed by atoms with Gasteiger partial charge in [-0.2, -0.15) is 0 Å². The van der Waals surface area contributed by atoms with Gasteiger partial charge in [-0.3, -0.25) is 4.90 Å². The topological polar surface area (TPSA) is 23.5 Å². The first kappa shape index (κ1) is 10.6. The van der Waals surface area contributed by atoms with Gasteiger partial charge in [-0.15, -0.1) is 0 Å². The van der Waals surface area contributed by atoms with E-state index in [2.05, 4.69) is 4.90 Å². The lowest BCUT2D eigenvalue weighted by atomic mass is 10.1. The first-order valence-corrected chi connectivity index (χ1v) is 5.35. The van der Waals surface area contributed by atoms with Crippen LogP contribution in [0.15, 0.2) is 24.3 Å². The van der Waals surface area contributed by atoms with Gasteiger partial charge in [0.2, 0.25) is 0 Å². The molecule has 1 atom stereocenters. The third-order valence-electron chi connectivity index (χ3n) is 2.95. The summed E-state index contributed by atoms with van der Waals surface area (Å²) >= 11 is 0. The Balaban J connectivity index is 1.90. The van der Waals surface area contributed by atoms with Crippen LogP contribution in [0.3, 0.4) is 0 Å². The summed E-state index contributed by atoms with van der Waals surface area (Å²) in [6.45, 7) is 3.12. The van der Waals surface area contributed by atoms with Crippen molar-refractivity contribution in [3.8, 4) is 0 Å². The molecule has 0 bridgehead atoms. The Kier molecular flexibility index (Phi) is 3.34. The second kappa shape index (κ2) is 4.73. The molecule has 1 N–H and O–H groups in total. The van der Waals surface area contributed by atoms with Gasteiger partial charge in [0.15, 0.2) is 0 Å². The summed E-state index contributed by atoms with van der Waals surface area (Å²) in [5.74, 6) is 0.235. The Hall–Kier alpha value is -0.930. The lowest BCUT2D eigenvalue weighted by Gasteiger charge is -2.15. The molecule has 3 heteroatoms. The molecule has 1 fully saturated rings. The molecule has 0 spiro atoms. The summed E-state index contributed by atoms with van der Waals surface area (Å²) in [6.07, 6.45) is 1.07. The quantitative estimate of drug-likeness (QED) is 0.818. The number of benzene rings is 1. The predicted molar refractivity (Wildman–Crippen MR) is 56.9 cm³/mol. The van der Waals surface area contributed by atoms with Crippen LogP contribution in [0.2, 0.25) is 0 Å². The van der Waals surface area contributed by atoms with Gasteiger partial charge in [0.25, 0.3) is 0 Å². The number of halogens is 1. The highest BCUT2D eigenvalue weighted by Gasteiger charge is 2.21. The number of likely N-dealkylation sites (tertiary alicyclic amines) is 1. The van der Waals surface area contributed by atoms with Crippen LogP contribution in [-0.2, 0) is 6.54 Å². The van der Waals surface area contributed by atoms with Crippen molar-refractivity contribution in [2.24, 2.45) is 5.92 Å². The fourth-order valence-electron chi connectivity index (χ4n) is 2.05. The zero-order chi connectivity index (χ0) is 10.7. The van der Waals surface area contributed by atoms with E-state index < -0.39 is 0 Å². The van der Waals surface area contributed by atoms with Crippen LogP contribution in [0, 0.1) is 11.7 Å². The van der Waals surface area contributed by atoms with Crippen molar-refractivity contribution in [2.45, 2.75) is 13.0 Å². The smallest absolute Gasteiger partial charge is 0.123 e.